The molecular weight excluding hydrogens is 1400 g/mol. The number of phosphoric acid groups is 1. The second-order valence-corrected chi connectivity index (χ2v) is 33.8. The van der Waals surface area contributed by atoms with Crippen LogP contribution in [0, 0.1) is 0 Å². The summed E-state index contributed by atoms with van der Waals surface area (Å²) in [6.45, 7) is 12.6. The van der Waals surface area contributed by atoms with Gasteiger partial charge >= 0.3 is 31.7 Å². The highest BCUT2D eigenvalue weighted by atomic mass is 31.2. The van der Waals surface area contributed by atoms with E-state index in [9.17, 15) is 43.4 Å². The summed E-state index contributed by atoms with van der Waals surface area (Å²) in [7, 11) is -5.48. The lowest BCUT2D eigenvalue weighted by atomic mass is 9.95. The molecule has 2 rings (SSSR count). The molecule has 640 valence electrons. The third-order valence-electron chi connectivity index (χ3n) is 22.3. The summed E-state index contributed by atoms with van der Waals surface area (Å²) in [5.74, 6) is -2.91. The quantitative estimate of drug-likeness (QED) is 0.0191. The Morgan fingerprint density at radius 2 is 0.725 bits per heavy atom. The lowest BCUT2D eigenvalue weighted by Crippen LogP contribution is -2.66. The number of aliphatic hydroxyl groups excluding tert-OH is 1. The minimum absolute atomic E-state index is 0.0136. The Hall–Kier alpha value is -3.19. The third-order valence-corrected chi connectivity index (χ3v) is 22.8. The zero-order valence-corrected chi connectivity index (χ0v) is 71.6. The number of hydrogen-bond acceptors (Lipinski definition) is 15. The first kappa shape index (κ1) is 102. The number of phosphoric ester groups is 1. The number of nitrogens with zero attached hydrogens (tertiary/aromatic N) is 1. The molecule has 2 aliphatic heterocycles. The highest BCUT2D eigenvalue weighted by Crippen LogP contribution is 2.43. The van der Waals surface area contributed by atoms with E-state index in [1.165, 1.54) is 167 Å². The number of nitrogens with one attached hydrogen (secondary N) is 1. The number of likely N-dealkylation sites (tertiary alicyclic amines) is 1. The fraction of sp³-hybridized carbons (Fsp3) is 0.933. The van der Waals surface area contributed by atoms with Crippen LogP contribution in [0.15, 0.2) is 0 Å². The second kappa shape index (κ2) is 70.2. The van der Waals surface area contributed by atoms with E-state index in [4.69, 9.17) is 32.9 Å². The van der Waals surface area contributed by atoms with Crippen molar-refractivity contribution in [1.29, 1.82) is 0 Å². The number of ether oxygens (including phenoxy) is 6. The van der Waals surface area contributed by atoms with Gasteiger partial charge in [0.2, 0.25) is 11.8 Å². The second-order valence-electron chi connectivity index (χ2n) is 32.6. The van der Waals surface area contributed by atoms with Gasteiger partial charge in [-0.05, 0) is 70.6 Å². The van der Waals surface area contributed by atoms with E-state index in [0.717, 1.165) is 154 Å². The predicted octanol–water partition coefficient (Wildman–Crippen LogP) is 23.0. The SMILES string of the molecule is CCCCCCCCCCCC(=O)OC(CCCCCCCCCCC)CC(=O)N[C@H]1[C@H](OC[C@@H]2CCCN2C(=O)CC(CCCCCCCCCCC)OC(=O)CCCCCCCCCCC)O[C@H](CO)[C@@H](OP(=O)(O)O)[C@@H]1OC(=O)CC(CCCCCCCCCCC)OC(=O)CCCCCCCCCCC. The fourth-order valence-corrected chi connectivity index (χ4v) is 16.2. The Balaban J connectivity index is 2.62. The zero-order valence-electron chi connectivity index (χ0n) is 70.7. The molecule has 0 spiro atoms. The van der Waals surface area contributed by atoms with E-state index in [2.05, 4.69) is 46.9 Å². The van der Waals surface area contributed by atoms with Crippen LogP contribution in [0.1, 0.15) is 459 Å². The van der Waals surface area contributed by atoms with Gasteiger partial charge < -0.3 is 53.5 Å². The van der Waals surface area contributed by atoms with Crippen LogP contribution in [0.2, 0.25) is 0 Å². The lowest BCUT2D eigenvalue weighted by Gasteiger charge is -2.45. The number of esters is 4. The van der Waals surface area contributed by atoms with Gasteiger partial charge in [0.1, 0.15) is 36.6 Å². The monoisotopic (exact) mass is 1570 g/mol. The summed E-state index contributed by atoms with van der Waals surface area (Å²) in [5.41, 5.74) is 0. The largest absolute Gasteiger partial charge is 0.470 e. The van der Waals surface area contributed by atoms with Gasteiger partial charge in [-0.25, -0.2) is 4.57 Å². The van der Waals surface area contributed by atoms with E-state index in [0.29, 0.717) is 70.8 Å². The van der Waals surface area contributed by atoms with Gasteiger partial charge in [0.25, 0.3) is 0 Å². The van der Waals surface area contributed by atoms with E-state index in [-0.39, 0.29) is 44.2 Å². The molecule has 109 heavy (non-hydrogen) atoms. The van der Waals surface area contributed by atoms with Crippen molar-refractivity contribution in [2.45, 2.75) is 514 Å². The molecule has 0 aromatic heterocycles. The number of rotatable bonds is 77. The topological polar surface area (TPSA) is 260 Å². The number of unbranched alkanes of at least 4 members (excludes halogenated alkanes) is 48. The molecule has 2 fully saturated rings. The van der Waals surface area contributed by atoms with Crippen LogP contribution in [0.3, 0.4) is 0 Å². The van der Waals surface area contributed by atoms with Gasteiger partial charge in [0, 0.05) is 25.8 Å². The Morgan fingerprint density at radius 1 is 0.413 bits per heavy atom. The van der Waals surface area contributed by atoms with Crippen molar-refractivity contribution in [2.24, 2.45) is 0 Å². The highest BCUT2D eigenvalue weighted by molar-refractivity contribution is 7.46. The molecule has 3 unspecified atom stereocenters. The molecule has 0 radical (unpaired) electrons. The van der Waals surface area contributed by atoms with E-state index < -0.39 is 99.7 Å². The standard InChI is InChI=1S/C89H167N2O17P/c1-7-13-19-25-31-37-43-49-55-63-76(103-82(95)66-58-52-46-40-34-28-22-16-10-4)70-80(93)90-86-88(107-85(98)72-78(65-57-51-45-39-33-27-21-15-9-3)105-84(97)68-60-54-48-42-36-30-24-18-12-6)87(108-109(99,100)101)79(73-92)106-89(86)102-74-75-62-61-69-91(75)81(94)71-77(64-56-50-44-38-32-26-20-14-8-2)104-83(96)67-59-53-47-41-35-29-23-17-11-5/h75-79,86-89,92H,7-74H2,1-6H3,(H,90,93)(H2,99,100,101)/t75-,76?,77?,78?,79+,86+,87+,88+,89+/m0/s1. The maximum absolute atomic E-state index is 15.0. The molecule has 0 aromatic rings. The van der Waals surface area contributed by atoms with Crippen molar-refractivity contribution in [3.05, 3.63) is 0 Å². The molecular formula is C89H167N2O17P. The normalized spacial score (nSPS) is 18.2. The van der Waals surface area contributed by atoms with Crippen LogP contribution in [0.4, 0.5) is 0 Å². The fourth-order valence-electron chi connectivity index (χ4n) is 15.6. The molecule has 2 heterocycles. The molecule has 20 heteroatoms. The Bertz CT molecular complexity index is 2260. The van der Waals surface area contributed by atoms with Gasteiger partial charge in [-0.3, -0.25) is 33.3 Å². The van der Waals surface area contributed by atoms with Gasteiger partial charge in [0.15, 0.2) is 12.4 Å². The van der Waals surface area contributed by atoms with Crippen LogP contribution in [0.5, 0.6) is 0 Å². The van der Waals surface area contributed by atoms with Crippen LogP contribution in [-0.2, 0) is 66.3 Å². The van der Waals surface area contributed by atoms with Crippen LogP contribution < -0.4 is 5.32 Å². The minimum Gasteiger partial charge on any atom is -0.462 e. The Morgan fingerprint density at radius 3 is 1.06 bits per heavy atom. The highest BCUT2D eigenvalue weighted by Gasteiger charge is 2.53. The summed E-state index contributed by atoms with van der Waals surface area (Å²) >= 11 is 0. The smallest absolute Gasteiger partial charge is 0.462 e. The Labute approximate surface area is 665 Å². The van der Waals surface area contributed by atoms with Gasteiger partial charge in [-0.2, -0.15) is 0 Å². The van der Waals surface area contributed by atoms with Gasteiger partial charge in [-0.15, -0.1) is 0 Å². The van der Waals surface area contributed by atoms with Crippen LogP contribution >= 0.6 is 7.82 Å². The number of aliphatic hydroxyl groups is 1. The maximum Gasteiger partial charge on any atom is 0.470 e. The van der Waals surface area contributed by atoms with Crippen molar-refractivity contribution in [1.82, 2.24) is 10.2 Å². The van der Waals surface area contributed by atoms with Crippen molar-refractivity contribution >= 4 is 43.5 Å². The third kappa shape index (κ3) is 55.9. The first-order chi connectivity index (χ1) is 53.0. The number of carbonyl (C=O) groups excluding carboxylic acids is 6. The molecule has 2 saturated heterocycles. The predicted molar refractivity (Wildman–Crippen MR) is 440 cm³/mol. The number of carbonyl (C=O) groups is 6. The summed E-state index contributed by atoms with van der Waals surface area (Å²) in [6.07, 6.45) is 51.6. The average molecular weight is 1570 g/mol. The molecule has 19 nitrogen and oxygen atoms in total. The first-order valence-corrected chi connectivity index (χ1v) is 47.5. The maximum atomic E-state index is 15.0. The van der Waals surface area contributed by atoms with Crippen LogP contribution in [0.25, 0.3) is 0 Å². The first-order valence-electron chi connectivity index (χ1n) is 46.0. The summed E-state index contributed by atoms with van der Waals surface area (Å²) in [4.78, 5) is 109. The van der Waals surface area contributed by atoms with Crippen molar-refractivity contribution < 1.29 is 81.2 Å². The molecule has 0 saturated carbocycles. The summed E-state index contributed by atoms with van der Waals surface area (Å²) in [5, 5.41) is 14.1. The lowest BCUT2D eigenvalue weighted by molar-refractivity contribution is -0.273. The van der Waals surface area contributed by atoms with Gasteiger partial charge in [0.05, 0.1) is 38.5 Å². The number of hydrogen-bond donors (Lipinski definition) is 4. The molecule has 2 amide bonds. The van der Waals surface area contributed by atoms with E-state index in [1.54, 1.807) is 4.90 Å². The number of amides is 2. The molecule has 0 aliphatic carbocycles. The van der Waals surface area contributed by atoms with Crippen molar-refractivity contribution in [3.8, 4) is 0 Å². The molecule has 9 atom stereocenters. The van der Waals surface area contributed by atoms with Crippen LogP contribution in [-0.4, -0.2) is 130 Å². The molecule has 2 aliphatic rings. The average Bonchev–Trinajstić information content (AvgIpc) is 0.793. The van der Waals surface area contributed by atoms with Crippen molar-refractivity contribution in [2.75, 3.05) is 19.8 Å². The zero-order chi connectivity index (χ0) is 79.5. The van der Waals surface area contributed by atoms with Crippen molar-refractivity contribution in [3.63, 3.8) is 0 Å². The summed E-state index contributed by atoms with van der Waals surface area (Å²) in [6, 6.07) is -2.10. The van der Waals surface area contributed by atoms with E-state index in [1.807, 2.05) is 0 Å². The van der Waals surface area contributed by atoms with Gasteiger partial charge in [-0.1, -0.05) is 350 Å². The van der Waals surface area contributed by atoms with E-state index >= 15 is 4.79 Å². The molecule has 0 bridgehead atoms. The Kier molecular flexibility index (Phi) is 65.7. The minimum atomic E-state index is -5.48. The summed E-state index contributed by atoms with van der Waals surface area (Å²) < 4.78 is 56.5. The molecule has 0 aromatic carbocycles. The molecule has 4 N–H and O–H groups in total.